The highest BCUT2D eigenvalue weighted by Crippen LogP contribution is 2.24. The molecule has 2 heterocycles. The van der Waals surface area contributed by atoms with E-state index in [1.165, 1.54) is 0 Å². The number of hydrogen-bond acceptors (Lipinski definition) is 4. The minimum atomic E-state index is -0.286. The van der Waals surface area contributed by atoms with Gasteiger partial charge in [0.15, 0.2) is 12.0 Å². The zero-order valence-electron chi connectivity index (χ0n) is 11.5. The number of amides is 1. The second-order valence-corrected chi connectivity index (χ2v) is 4.57. The molecule has 2 aromatic heterocycles. The Hall–Kier alpha value is -3.21. The Labute approximate surface area is 126 Å². The summed E-state index contributed by atoms with van der Waals surface area (Å²) < 4.78 is 5.37. The first kappa shape index (κ1) is 13.8. The zero-order chi connectivity index (χ0) is 15.4. The number of furan rings is 1. The summed E-state index contributed by atoms with van der Waals surface area (Å²) in [5, 5.41) is 2.78. The van der Waals surface area contributed by atoms with Gasteiger partial charge in [-0.3, -0.25) is 14.6 Å². The van der Waals surface area contributed by atoms with Gasteiger partial charge in [-0.05, 0) is 36.4 Å². The number of pyridine rings is 1. The number of rotatable bonds is 4. The number of hydrogen-bond donors (Lipinski definition) is 1. The van der Waals surface area contributed by atoms with Crippen LogP contribution in [0.25, 0.3) is 11.3 Å². The normalized spacial score (nSPS) is 10.2. The average Bonchev–Trinajstić information content (AvgIpc) is 3.05. The quantitative estimate of drug-likeness (QED) is 0.748. The highest BCUT2D eigenvalue weighted by Gasteiger charge is 2.09. The Balaban J connectivity index is 1.82. The number of benzene rings is 1. The first-order valence-electron chi connectivity index (χ1n) is 6.64. The molecule has 1 N–H and O–H groups in total. The SMILES string of the molecule is O=Cc1ccc(-c2cccc(NC(=O)c3ccccn3)c2)o1. The highest BCUT2D eigenvalue weighted by atomic mass is 16.3. The maximum absolute atomic E-state index is 12.1. The van der Waals surface area contributed by atoms with E-state index in [9.17, 15) is 9.59 Å². The molecule has 5 heteroatoms. The van der Waals surface area contributed by atoms with Gasteiger partial charge in [0.05, 0.1) is 0 Å². The van der Waals surface area contributed by atoms with Gasteiger partial charge >= 0.3 is 0 Å². The Kier molecular flexibility index (Phi) is 3.78. The first-order valence-corrected chi connectivity index (χ1v) is 6.64. The van der Waals surface area contributed by atoms with Gasteiger partial charge in [0.25, 0.3) is 5.91 Å². The van der Waals surface area contributed by atoms with Crippen LogP contribution in [0.2, 0.25) is 0 Å². The molecule has 108 valence electrons. The fourth-order valence-corrected chi connectivity index (χ4v) is 2.01. The van der Waals surface area contributed by atoms with Crippen LogP contribution < -0.4 is 5.32 Å². The summed E-state index contributed by atoms with van der Waals surface area (Å²) in [7, 11) is 0. The predicted octanol–water partition coefficient (Wildman–Crippen LogP) is 3.41. The summed E-state index contributed by atoms with van der Waals surface area (Å²) in [6.45, 7) is 0. The third-order valence-corrected chi connectivity index (χ3v) is 3.05. The van der Waals surface area contributed by atoms with Crippen molar-refractivity contribution in [2.24, 2.45) is 0 Å². The van der Waals surface area contributed by atoms with Crippen LogP contribution in [-0.4, -0.2) is 17.2 Å². The van der Waals surface area contributed by atoms with E-state index < -0.39 is 0 Å². The van der Waals surface area contributed by atoms with E-state index in [4.69, 9.17) is 4.42 Å². The maximum atomic E-state index is 12.1. The summed E-state index contributed by atoms with van der Waals surface area (Å²) in [6, 6.07) is 15.6. The number of nitrogens with one attached hydrogen (secondary N) is 1. The monoisotopic (exact) mass is 292 g/mol. The minimum absolute atomic E-state index is 0.262. The van der Waals surface area contributed by atoms with Gasteiger partial charge in [0, 0.05) is 17.4 Å². The molecule has 1 aromatic carbocycles. The van der Waals surface area contributed by atoms with E-state index >= 15 is 0 Å². The largest absolute Gasteiger partial charge is 0.453 e. The lowest BCUT2D eigenvalue weighted by atomic mass is 10.1. The number of aldehydes is 1. The van der Waals surface area contributed by atoms with Gasteiger partial charge < -0.3 is 9.73 Å². The molecule has 0 unspecified atom stereocenters. The molecule has 0 aliphatic rings. The highest BCUT2D eigenvalue weighted by molar-refractivity contribution is 6.03. The molecule has 0 aliphatic carbocycles. The molecule has 0 radical (unpaired) electrons. The number of carbonyl (C=O) groups excluding carboxylic acids is 2. The van der Waals surface area contributed by atoms with Crippen LogP contribution in [-0.2, 0) is 0 Å². The molecular weight excluding hydrogens is 280 g/mol. The van der Waals surface area contributed by atoms with E-state index in [1.54, 1.807) is 54.7 Å². The second-order valence-electron chi connectivity index (χ2n) is 4.57. The summed E-state index contributed by atoms with van der Waals surface area (Å²) in [6.07, 6.45) is 2.21. The van der Waals surface area contributed by atoms with Gasteiger partial charge in [0.1, 0.15) is 11.5 Å². The van der Waals surface area contributed by atoms with Crippen molar-refractivity contribution >= 4 is 17.9 Å². The molecule has 3 aromatic rings. The Bertz CT molecular complexity index is 810. The lowest BCUT2D eigenvalue weighted by Crippen LogP contribution is -2.13. The second kappa shape index (κ2) is 6.05. The minimum Gasteiger partial charge on any atom is -0.453 e. The average molecular weight is 292 g/mol. The van der Waals surface area contributed by atoms with Gasteiger partial charge in [-0.2, -0.15) is 0 Å². The van der Waals surface area contributed by atoms with Crippen LogP contribution >= 0.6 is 0 Å². The van der Waals surface area contributed by atoms with Gasteiger partial charge in [-0.15, -0.1) is 0 Å². The summed E-state index contributed by atoms with van der Waals surface area (Å²) >= 11 is 0. The van der Waals surface area contributed by atoms with E-state index in [-0.39, 0.29) is 11.7 Å². The smallest absolute Gasteiger partial charge is 0.274 e. The fourth-order valence-electron chi connectivity index (χ4n) is 2.01. The van der Waals surface area contributed by atoms with Crippen LogP contribution in [0.4, 0.5) is 5.69 Å². The molecule has 3 rings (SSSR count). The van der Waals surface area contributed by atoms with Crippen molar-refractivity contribution in [3.8, 4) is 11.3 Å². The Morgan fingerprint density at radius 1 is 1.09 bits per heavy atom. The Morgan fingerprint density at radius 2 is 2.00 bits per heavy atom. The van der Waals surface area contributed by atoms with Crippen LogP contribution in [0.3, 0.4) is 0 Å². The molecular formula is C17H12N2O3. The third-order valence-electron chi connectivity index (χ3n) is 3.05. The van der Waals surface area contributed by atoms with E-state index in [2.05, 4.69) is 10.3 Å². The summed E-state index contributed by atoms with van der Waals surface area (Å²) in [5.74, 6) is 0.541. The summed E-state index contributed by atoms with van der Waals surface area (Å²) in [4.78, 5) is 26.7. The standard InChI is InChI=1S/C17H12N2O3/c20-11-14-7-8-16(22-14)12-4-3-5-13(10-12)19-17(21)15-6-1-2-9-18-15/h1-11H,(H,19,21). The molecule has 0 aliphatic heterocycles. The van der Waals surface area contributed by atoms with Crippen molar-refractivity contribution < 1.29 is 14.0 Å². The van der Waals surface area contributed by atoms with E-state index in [1.807, 2.05) is 6.07 Å². The third kappa shape index (κ3) is 2.93. The topological polar surface area (TPSA) is 72.2 Å². The van der Waals surface area contributed by atoms with Gasteiger partial charge in [0.2, 0.25) is 0 Å². The van der Waals surface area contributed by atoms with E-state index in [0.29, 0.717) is 23.4 Å². The van der Waals surface area contributed by atoms with Crippen LogP contribution in [0.5, 0.6) is 0 Å². The molecule has 0 saturated carbocycles. The lowest BCUT2D eigenvalue weighted by molar-refractivity contribution is 0.102. The van der Waals surface area contributed by atoms with Gasteiger partial charge in [-0.1, -0.05) is 18.2 Å². The number of carbonyl (C=O) groups is 2. The fraction of sp³-hybridized carbons (Fsp3) is 0. The van der Waals surface area contributed by atoms with Crippen molar-refractivity contribution in [2.45, 2.75) is 0 Å². The van der Waals surface area contributed by atoms with Crippen molar-refractivity contribution in [1.29, 1.82) is 0 Å². The predicted molar refractivity (Wildman–Crippen MR) is 81.7 cm³/mol. The molecule has 0 fully saturated rings. The van der Waals surface area contributed by atoms with Crippen molar-refractivity contribution in [3.05, 3.63) is 72.2 Å². The van der Waals surface area contributed by atoms with Crippen LogP contribution in [0, 0.1) is 0 Å². The first-order chi connectivity index (χ1) is 10.8. The van der Waals surface area contributed by atoms with Crippen LogP contribution in [0.1, 0.15) is 21.0 Å². The van der Waals surface area contributed by atoms with Crippen molar-refractivity contribution in [1.82, 2.24) is 4.98 Å². The molecule has 5 nitrogen and oxygen atoms in total. The molecule has 0 bridgehead atoms. The zero-order valence-corrected chi connectivity index (χ0v) is 11.5. The van der Waals surface area contributed by atoms with Crippen molar-refractivity contribution in [3.63, 3.8) is 0 Å². The molecule has 0 spiro atoms. The van der Waals surface area contributed by atoms with E-state index in [0.717, 1.165) is 5.56 Å². The van der Waals surface area contributed by atoms with Crippen LogP contribution in [0.15, 0.2) is 65.2 Å². The molecule has 1 amide bonds. The van der Waals surface area contributed by atoms with Gasteiger partial charge in [-0.25, -0.2) is 0 Å². The number of nitrogens with zero attached hydrogens (tertiary/aromatic N) is 1. The molecule has 0 saturated heterocycles. The maximum Gasteiger partial charge on any atom is 0.274 e. The molecule has 0 atom stereocenters. The molecule has 22 heavy (non-hydrogen) atoms. The number of anilines is 1. The lowest BCUT2D eigenvalue weighted by Gasteiger charge is -2.06. The summed E-state index contributed by atoms with van der Waals surface area (Å²) in [5.41, 5.74) is 1.73. The number of aromatic nitrogens is 1. The Morgan fingerprint density at radius 3 is 2.73 bits per heavy atom. The van der Waals surface area contributed by atoms with Crippen molar-refractivity contribution in [2.75, 3.05) is 5.32 Å².